The molecule has 0 saturated carbocycles. The normalized spacial score (nSPS) is 11.1. The summed E-state index contributed by atoms with van der Waals surface area (Å²) in [4.78, 5) is 0. The van der Waals surface area contributed by atoms with Crippen LogP contribution >= 0.6 is 11.3 Å². The number of rotatable bonds is 13. The molecular weight excluding hydrogens is 384 g/mol. The van der Waals surface area contributed by atoms with Gasteiger partial charge < -0.3 is 0 Å². The van der Waals surface area contributed by atoms with Gasteiger partial charge in [0.25, 0.3) is 0 Å². The van der Waals surface area contributed by atoms with Crippen molar-refractivity contribution < 1.29 is 0 Å². The van der Waals surface area contributed by atoms with Crippen LogP contribution in [0, 0.1) is 0 Å². The first-order valence-electron chi connectivity index (χ1n) is 11.8. The van der Waals surface area contributed by atoms with Crippen LogP contribution in [0.2, 0.25) is 0 Å². The highest BCUT2D eigenvalue weighted by atomic mass is 32.1. The first kappa shape index (κ1) is 22.7. The monoisotopic (exact) mass is 420 g/mol. The standard InChI is InChI=1S/C27H36N2S/c1-3-5-7-8-9-11-13-23-16-20-25(21-17-23)27-29-28-26(30-27)24-18-14-22(15-19-24)12-10-6-4-2/h14-21H,3-13H2,1-2H3. The number of benzene rings is 2. The zero-order chi connectivity index (χ0) is 21.0. The van der Waals surface area contributed by atoms with Gasteiger partial charge in [0.1, 0.15) is 10.0 Å². The predicted octanol–water partition coefficient (Wildman–Crippen LogP) is 8.51. The van der Waals surface area contributed by atoms with Crippen molar-refractivity contribution >= 4 is 11.3 Å². The summed E-state index contributed by atoms with van der Waals surface area (Å²) >= 11 is 1.68. The van der Waals surface area contributed by atoms with E-state index in [2.05, 4.69) is 72.6 Å². The summed E-state index contributed by atoms with van der Waals surface area (Å²) in [6.07, 6.45) is 14.3. The Morgan fingerprint density at radius 1 is 0.533 bits per heavy atom. The molecule has 0 aliphatic heterocycles. The van der Waals surface area contributed by atoms with E-state index in [-0.39, 0.29) is 0 Å². The topological polar surface area (TPSA) is 25.8 Å². The third kappa shape index (κ3) is 7.05. The Balaban J connectivity index is 1.53. The van der Waals surface area contributed by atoms with Gasteiger partial charge >= 0.3 is 0 Å². The van der Waals surface area contributed by atoms with E-state index in [1.807, 2.05) is 0 Å². The molecule has 0 aliphatic rings. The van der Waals surface area contributed by atoms with Crippen molar-refractivity contribution in [1.82, 2.24) is 10.2 Å². The van der Waals surface area contributed by atoms with E-state index in [0.29, 0.717) is 0 Å². The molecule has 0 amide bonds. The van der Waals surface area contributed by atoms with Gasteiger partial charge in [0.05, 0.1) is 0 Å². The van der Waals surface area contributed by atoms with Gasteiger partial charge in [-0.25, -0.2) is 0 Å². The Morgan fingerprint density at radius 3 is 1.43 bits per heavy atom. The Labute approximate surface area is 186 Å². The van der Waals surface area contributed by atoms with Crippen molar-refractivity contribution in [3.05, 3.63) is 59.7 Å². The molecule has 0 spiro atoms. The molecule has 0 radical (unpaired) electrons. The lowest BCUT2D eigenvalue weighted by Gasteiger charge is -2.03. The summed E-state index contributed by atoms with van der Waals surface area (Å²) in [5.74, 6) is 0. The number of unbranched alkanes of at least 4 members (excludes halogenated alkanes) is 7. The van der Waals surface area contributed by atoms with E-state index in [0.717, 1.165) is 15.6 Å². The third-order valence-corrected chi connectivity index (χ3v) is 6.74. The van der Waals surface area contributed by atoms with Crippen LogP contribution in [0.15, 0.2) is 48.5 Å². The van der Waals surface area contributed by atoms with Crippen molar-refractivity contribution in [2.45, 2.75) is 84.5 Å². The molecule has 0 fully saturated rings. The first-order chi connectivity index (χ1) is 14.8. The van der Waals surface area contributed by atoms with Crippen molar-refractivity contribution in [3.8, 4) is 21.1 Å². The van der Waals surface area contributed by atoms with Crippen LogP contribution in [0.4, 0.5) is 0 Å². The second kappa shape index (κ2) is 12.6. The molecule has 160 valence electrons. The molecule has 2 aromatic carbocycles. The van der Waals surface area contributed by atoms with Gasteiger partial charge in [-0.1, -0.05) is 119 Å². The van der Waals surface area contributed by atoms with Crippen LogP contribution in [0.5, 0.6) is 0 Å². The van der Waals surface area contributed by atoms with E-state index < -0.39 is 0 Å². The molecule has 0 N–H and O–H groups in total. The van der Waals surface area contributed by atoms with E-state index in [4.69, 9.17) is 0 Å². The first-order valence-corrected chi connectivity index (χ1v) is 12.6. The predicted molar refractivity (Wildman–Crippen MR) is 131 cm³/mol. The lowest BCUT2D eigenvalue weighted by atomic mass is 10.0. The van der Waals surface area contributed by atoms with Gasteiger partial charge in [-0.15, -0.1) is 10.2 Å². The van der Waals surface area contributed by atoms with Crippen LogP contribution < -0.4 is 0 Å². The van der Waals surface area contributed by atoms with Gasteiger partial charge in [0, 0.05) is 11.1 Å². The summed E-state index contributed by atoms with van der Waals surface area (Å²) in [5, 5.41) is 10.9. The van der Waals surface area contributed by atoms with Crippen molar-refractivity contribution in [1.29, 1.82) is 0 Å². The second-order valence-corrected chi connectivity index (χ2v) is 9.26. The van der Waals surface area contributed by atoms with Gasteiger partial charge in [0.2, 0.25) is 0 Å². The van der Waals surface area contributed by atoms with Crippen LogP contribution in [0.25, 0.3) is 21.1 Å². The summed E-state index contributed by atoms with van der Waals surface area (Å²) in [7, 11) is 0. The number of aryl methyl sites for hydroxylation is 2. The fraction of sp³-hybridized carbons (Fsp3) is 0.481. The maximum atomic E-state index is 4.45. The van der Waals surface area contributed by atoms with Gasteiger partial charge in [0.15, 0.2) is 0 Å². The quantitative estimate of drug-likeness (QED) is 0.259. The maximum absolute atomic E-state index is 4.45. The molecule has 0 unspecified atom stereocenters. The zero-order valence-electron chi connectivity index (χ0n) is 18.7. The highest BCUT2D eigenvalue weighted by Crippen LogP contribution is 2.30. The minimum absolute atomic E-state index is 1.00. The number of hydrogen-bond donors (Lipinski definition) is 0. The Kier molecular flexibility index (Phi) is 9.56. The molecule has 0 atom stereocenters. The molecule has 3 aromatic rings. The molecule has 0 saturated heterocycles. The SMILES string of the molecule is CCCCCCCCc1ccc(-c2nnc(-c3ccc(CCCCC)cc3)s2)cc1. The summed E-state index contributed by atoms with van der Waals surface area (Å²) in [5.41, 5.74) is 5.18. The minimum atomic E-state index is 1.00. The van der Waals surface area contributed by atoms with E-state index in [1.54, 1.807) is 11.3 Å². The average molecular weight is 421 g/mol. The average Bonchev–Trinajstić information content (AvgIpc) is 3.27. The number of aromatic nitrogens is 2. The minimum Gasteiger partial charge on any atom is -0.138 e. The lowest BCUT2D eigenvalue weighted by molar-refractivity contribution is 0.607. The fourth-order valence-electron chi connectivity index (χ4n) is 3.77. The molecule has 1 heterocycles. The van der Waals surface area contributed by atoms with Gasteiger partial charge in [-0.3, -0.25) is 0 Å². The Hall–Kier alpha value is -2.00. The van der Waals surface area contributed by atoms with E-state index >= 15 is 0 Å². The number of hydrogen-bond acceptors (Lipinski definition) is 3. The highest BCUT2D eigenvalue weighted by Gasteiger charge is 2.09. The third-order valence-electron chi connectivity index (χ3n) is 5.71. The molecule has 2 nitrogen and oxygen atoms in total. The summed E-state index contributed by atoms with van der Waals surface area (Å²) < 4.78 is 0. The Bertz CT molecular complexity index is 849. The summed E-state index contributed by atoms with van der Waals surface area (Å²) in [6, 6.07) is 17.8. The van der Waals surface area contributed by atoms with Crippen LogP contribution in [0.3, 0.4) is 0 Å². The molecule has 30 heavy (non-hydrogen) atoms. The van der Waals surface area contributed by atoms with E-state index in [9.17, 15) is 0 Å². The molecular formula is C27H36N2S. The zero-order valence-corrected chi connectivity index (χ0v) is 19.5. The lowest BCUT2D eigenvalue weighted by Crippen LogP contribution is -1.87. The van der Waals surface area contributed by atoms with Crippen molar-refractivity contribution in [3.63, 3.8) is 0 Å². The van der Waals surface area contributed by atoms with Crippen molar-refractivity contribution in [2.75, 3.05) is 0 Å². The second-order valence-electron chi connectivity index (χ2n) is 8.28. The number of nitrogens with zero attached hydrogens (tertiary/aromatic N) is 2. The molecule has 1 aromatic heterocycles. The van der Waals surface area contributed by atoms with Crippen LogP contribution in [-0.2, 0) is 12.8 Å². The fourth-order valence-corrected chi connectivity index (χ4v) is 4.63. The van der Waals surface area contributed by atoms with Gasteiger partial charge in [-0.2, -0.15) is 0 Å². The molecule has 0 aliphatic carbocycles. The highest BCUT2D eigenvalue weighted by molar-refractivity contribution is 7.17. The Morgan fingerprint density at radius 2 is 0.933 bits per heavy atom. The van der Waals surface area contributed by atoms with Crippen molar-refractivity contribution in [2.24, 2.45) is 0 Å². The van der Waals surface area contributed by atoms with Gasteiger partial charge in [-0.05, 0) is 36.8 Å². The summed E-state index contributed by atoms with van der Waals surface area (Å²) in [6.45, 7) is 4.52. The molecule has 3 rings (SSSR count). The molecule has 0 bridgehead atoms. The smallest absolute Gasteiger partial charge is 0.138 e. The maximum Gasteiger partial charge on any atom is 0.148 e. The molecule has 3 heteroatoms. The van der Waals surface area contributed by atoms with Crippen LogP contribution in [-0.4, -0.2) is 10.2 Å². The largest absolute Gasteiger partial charge is 0.148 e. The van der Waals surface area contributed by atoms with Crippen LogP contribution in [0.1, 0.15) is 82.8 Å². The van der Waals surface area contributed by atoms with E-state index in [1.165, 1.54) is 87.3 Å².